The van der Waals surface area contributed by atoms with Gasteiger partial charge in [-0.15, -0.1) is 0 Å². The predicted molar refractivity (Wildman–Crippen MR) is 60.5 cm³/mol. The summed E-state index contributed by atoms with van der Waals surface area (Å²) in [5.41, 5.74) is 1.21. The minimum absolute atomic E-state index is 0.359. The Morgan fingerprint density at radius 1 is 1.40 bits per heavy atom. The van der Waals surface area contributed by atoms with E-state index in [9.17, 15) is 5.11 Å². The largest absolute Gasteiger partial charge is 0.508 e. The normalized spacial score (nSPS) is 22.5. The number of phenolic OH excluding ortho intramolecular Hbond substituents is 1. The maximum Gasteiger partial charge on any atom is 0.115 e. The first kappa shape index (κ1) is 10.5. The van der Waals surface area contributed by atoms with Crippen LogP contribution in [-0.4, -0.2) is 35.8 Å². The van der Waals surface area contributed by atoms with Crippen LogP contribution in [0.5, 0.6) is 5.75 Å². The molecular weight excluding hydrogens is 188 g/mol. The van der Waals surface area contributed by atoms with Gasteiger partial charge in [0.15, 0.2) is 0 Å². The summed E-state index contributed by atoms with van der Waals surface area (Å²) in [5, 5.41) is 13.9. The van der Waals surface area contributed by atoms with Gasteiger partial charge >= 0.3 is 0 Å². The van der Waals surface area contributed by atoms with E-state index >= 15 is 0 Å². The summed E-state index contributed by atoms with van der Waals surface area (Å²) >= 11 is 0. The molecule has 0 aliphatic carbocycles. The zero-order valence-electron chi connectivity index (χ0n) is 9.35. The maximum absolute atomic E-state index is 9.47. The zero-order valence-corrected chi connectivity index (χ0v) is 9.35. The van der Waals surface area contributed by atoms with E-state index in [0.29, 0.717) is 11.8 Å². The van der Waals surface area contributed by atoms with Crippen molar-refractivity contribution in [3.63, 3.8) is 0 Å². The number of aromatic hydroxyl groups is 1. The number of rotatable bonds is 2. The smallest absolute Gasteiger partial charge is 0.115 e. The first-order valence-electron chi connectivity index (χ1n) is 5.41. The Labute approximate surface area is 90.9 Å². The first-order valence-corrected chi connectivity index (χ1v) is 5.41. The summed E-state index contributed by atoms with van der Waals surface area (Å²) in [6.07, 6.45) is 2.39. The van der Waals surface area contributed by atoms with Crippen LogP contribution in [-0.2, 0) is 0 Å². The van der Waals surface area contributed by atoms with Crippen molar-refractivity contribution in [1.82, 2.24) is 10.0 Å². The van der Waals surface area contributed by atoms with E-state index in [2.05, 4.69) is 30.2 Å². The molecule has 1 N–H and O–H groups in total. The van der Waals surface area contributed by atoms with Crippen molar-refractivity contribution < 1.29 is 5.11 Å². The van der Waals surface area contributed by atoms with Crippen LogP contribution in [0.1, 0.15) is 24.4 Å². The van der Waals surface area contributed by atoms with Crippen LogP contribution in [0.25, 0.3) is 0 Å². The number of phenols is 1. The van der Waals surface area contributed by atoms with Crippen molar-refractivity contribution >= 4 is 0 Å². The molecule has 0 spiro atoms. The van der Waals surface area contributed by atoms with E-state index in [4.69, 9.17) is 0 Å². The average Bonchev–Trinajstić information content (AvgIpc) is 2.65. The molecule has 1 heterocycles. The van der Waals surface area contributed by atoms with Crippen molar-refractivity contribution in [2.24, 2.45) is 0 Å². The van der Waals surface area contributed by atoms with Crippen molar-refractivity contribution in [1.29, 1.82) is 0 Å². The lowest BCUT2D eigenvalue weighted by Crippen LogP contribution is -2.36. The summed E-state index contributed by atoms with van der Waals surface area (Å²) in [5.74, 6) is 0.359. The van der Waals surface area contributed by atoms with E-state index < -0.39 is 0 Å². The third-order valence-corrected chi connectivity index (χ3v) is 2.99. The van der Waals surface area contributed by atoms with Crippen LogP contribution in [0.4, 0.5) is 0 Å². The van der Waals surface area contributed by atoms with Gasteiger partial charge in [-0.1, -0.05) is 12.1 Å². The Morgan fingerprint density at radius 3 is 2.87 bits per heavy atom. The first-order chi connectivity index (χ1) is 7.18. The van der Waals surface area contributed by atoms with Gasteiger partial charge in [-0.05, 0) is 30.5 Å². The molecule has 1 aromatic carbocycles. The number of hydrogen-bond acceptors (Lipinski definition) is 3. The average molecular weight is 206 g/mol. The molecule has 0 bridgehead atoms. The van der Waals surface area contributed by atoms with Gasteiger partial charge in [-0.2, -0.15) is 0 Å². The maximum atomic E-state index is 9.47. The highest BCUT2D eigenvalue weighted by atomic mass is 16.3. The highest BCUT2D eigenvalue weighted by Crippen LogP contribution is 2.33. The van der Waals surface area contributed by atoms with Crippen molar-refractivity contribution in [2.75, 3.05) is 20.6 Å². The highest BCUT2D eigenvalue weighted by molar-refractivity contribution is 5.29. The van der Waals surface area contributed by atoms with Crippen LogP contribution >= 0.6 is 0 Å². The molecule has 1 unspecified atom stereocenters. The number of hydrogen-bond donors (Lipinski definition) is 1. The lowest BCUT2D eigenvalue weighted by atomic mass is 10.1. The van der Waals surface area contributed by atoms with Gasteiger partial charge in [-0.3, -0.25) is 0 Å². The van der Waals surface area contributed by atoms with Gasteiger partial charge < -0.3 is 5.11 Å². The van der Waals surface area contributed by atoms with Gasteiger partial charge in [0.25, 0.3) is 0 Å². The molecule has 1 atom stereocenters. The number of nitrogens with zero attached hydrogens (tertiary/aromatic N) is 2. The standard InChI is InChI=1S/C12H18N2O/c1-13(2)14-8-4-7-12(14)10-5-3-6-11(15)9-10/h3,5-6,9,12,15H,4,7-8H2,1-2H3. The monoisotopic (exact) mass is 206 g/mol. The molecular formula is C12H18N2O. The minimum Gasteiger partial charge on any atom is -0.508 e. The molecule has 0 radical (unpaired) electrons. The Morgan fingerprint density at radius 2 is 2.20 bits per heavy atom. The van der Waals surface area contributed by atoms with Crippen molar-refractivity contribution in [3.8, 4) is 5.75 Å². The number of hydrazine groups is 1. The van der Waals surface area contributed by atoms with E-state index in [0.717, 1.165) is 6.54 Å². The molecule has 2 rings (SSSR count). The van der Waals surface area contributed by atoms with Gasteiger partial charge in [0.2, 0.25) is 0 Å². The molecule has 3 heteroatoms. The van der Waals surface area contributed by atoms with Crippen molar-refractivity contribution in [2.45, 2.75) is 18.9 Å². The van der Waals surface area contributed by atoms with Crippen LogP contribution in [0, 0.1) is 0 Å². The summed E-state index contributed by atoms with van der Waals surface area (Å²) < 4.78 is 0. The second-order valence-corrected chi connectivity index (χ2v) is 4.26. The fourth-order valence-electron chi connectivity index (χ4n) is 2.30. The molecule has 82 valence electrons. The summed E-state index contributed by atoms with van der Waals surface area (Å²) in [4.78, 5) is 0. The second-order valence-electron chi connectivity index (χ2n) is 4.26. The quantitative estimate of drug-likeness (QED) is 0.801. The van der Waals surface area contributed by atoms with E-state index in [1.165, 1.54) is 18.4 Å². The molecule has 15 heavy (non-hydrogen) atoms. The topological polar surface area (TPSA) is 26.7 Å². The van der Waals surface area contributed by atoms with E-state index in [1.54, 1.807) is 6.07 Å². The predicted octanol–water partition coefficient (Wildman–Crippen LogP) is 2.01. The molecule has 0 saturated carbocycles. The molecule has 1 fully saturated rings. The number of benzene rings is 1. The Hall–Kier alpha value is -1.06. The van der Waals surface area contributed by atoms with Gasteiger partial charge in [-0.25, -0.2) is 10.0 Å². The van der Waals surface area contributed by atoms with E-state index in [-0.39, 0.29) is 0 Å². The zero-order chi connectivity index (χ0) is 10.8. The van der Waals surface area contributed by atoms with Crippen LogP contribution in [0.15, 0.2) is 24.3 Å². The molecule has 1 aromatic rings. The lowest BCUT2D eigenvalue weighted by Gasteiger charge is -2.30. The second kappa shape index (κ2) is 4.21. The Bertz CT molecular complexity index is 338. The third-order valence-electron chi connectivity index (χ3n) is 2.99. The summed E-state index contributed by atoms with van der Waals surface area (Å²) in [6, 6.07) is 8.01. The molecule has 1 saturated heterocycles. The van der Waals surface area contributed by atoms with E-state index in [1.807, 2.05) is 12.1 Å². The molecule has 0 aromatic heterocycles. The SMILES string of the molecule is CN(C)N1CCCC1c1cccc(O)c1. The van der Waals surface area contributed by atoms with Gasteiger partial charge in [0.1, 0.15) is 5.75 Å². The fourth-order valence-corrected chi connectivity index (χ4v) is 2.30. The van der Waals surface area contributed by atoms with Crippen molar-refractivity contribution in [3.05, 3.63) is 29.8 Å². The van der Waals surface area contributed by atoms with Crippen LogP contribution in [0.2, 0.25) is 0 Å². The molecule has 3 nitrogen and oxygen atoms in total. The summed E-state index contributed by atoms with van der Waals surface area (Å²) in [7, 11) is 4.14. The lowest BCUT2D eigenvalue weighted by molar-refractivity contribution is 0.0111. The van der Waals surface area contributed by atoms with Crippen LogP contribution < -0.4 is 0 Å². The Balaban J connectivity index is 2.22. The van der Waals surface area contributed by atoms with Gasteiger partial charge in [0, 0.05) is 26.7 Å². The fraction of sp³-hybridized carbons (Fsp3) is 0.500. The highest BCUT2D eigenvalue weighted by Gasteiger charge is 2.27. The van der Waals surface area contributed by atoms with Gasteiger partial charge in [0.05, 0.1) is 0 Å². The molecule has 1 aliphatic heterocycles. The Kier molecular flexibility index (Phi) is 2.93. The molecule has 0 amide bonds. The third kappa shape index (κ3) is 2.13. The minimum atomic E-state index is 0.359. The van der Waals surface area contributed by atoms with Crippen LogP contribution in [0.3, 0.4) is 0 Å². The summed E-state index contributed by atoms with van der Waals surface area (Å²) in [6.45, 7) is 1.10. The molecule has 1 aliphatic rings.